The van der Waals surface area contributed by atoms with Gasteiger partial charge in [0.2, 0.25) is 0 Å². The van der Waals surface area contributed by atoms with Crippen LogP contribution in [0.2, 0.25) is 0 Å². The molecule has 0 amide bonds. The first-order valence-corrected chi connectivity index (χ1v) is 4.63. The predicted octanol–water partition coefficient (Wildman–Crippen LogP) is 2.70. The van der Waals surface area contributed by atoms with Crippen molar-refractivity contribution < 1.29 is 5.21 Å². The first-order valence-electron chi connectivity index (χ1n) is 4.63. The largest absolute Gasteiger partial charge is 0.291 e. The first kappa shape index (κ1) is 9.59. The Bertz CT molecular complexity index is 179. The second-order valence-corrected chi connectivity index (χ2v) is 4.68. The molecule has 1 rings (SSSR count). The Hall–Kier alpha value is -0.500. The third-order valence-electron chi connectivity index (χ3n) is 2.78. The standard InChI is InChI=1S/C10H19NO/c1-10(2,3)8-4-6-9(11-12)7-5-8/h6,8,11-12H,4-5,7H2,1-3H3. The van der Waals surface area contributed by atoms with Crippen LogP contribution in [0.1, 0.15) is 40.0 Å². The molecule has 70 valence electrons. The highest BCUT2D eigenvalue weighted by Crippen LogP contribution is 2.36. The van der Waals surface area contributed by atoms with E-state index in [2.05, 4.69) is 32.3 Å². The Morgan fingerprint density at radius 3 is 2.50 bits per heavy atom. The summed E-state index contributed by atoms with van der Waals surface area (Å²) in [6.45, 7) is 6.84. The molecule has 0 bridgehead atoms. The Morgan fingerprint density at radius 2 is 2.17 bits per heavy atom. The van der Waals surface area contributed by atoms with E-state index in [1.54, 1.807) is 0 Å². The zero-order chi connectivity index (χ0) is 9.19. The molecule has 0 heterocycles. The lowest BCUT2D eigenvalue weighted by Gasteiger charge is -2.32. The van der Waals surface area contributed by atoms with Crippen molar-refractivity contribution in [3.05, 3.63) is 11.8 Å². The molecule has 0 aromatic rings. The zero-order valence-corrected chi connectivity index (χ0v) is 8.22. The molecule has 0 radical (unpaired) electrons. The summed E-state index contributed by atoms with van der Waals surface area (Å²) in [5, 5.41) is 8.66. The van der Waals surface area contributed by atoms with Gasteiger partial charge in [-0.25, -0.2) is 0 Å². The molecule has 2 N–H and O–H groups in total. The van der Waals surface area contributed by atoms with Crippen LogP contribution < -0.4 is 5.48 Å². The van der Waals surface area contributed by atoms with E-state index in [-0.39, 0.29) is 0 Å². The number of hydrogen-bond acceptors (Lipinski definition) is 2. The van der Waals surface area contributed by atoms with Crippen LogP contribution in [0, 0.1) is 11.3 Å². The highest BCUT2D eigenvalue weighted by atomic mass is 16.5. The highest BCUT2D eigenvalue weighted by molar-refractivity contribution is 5.03. The van der Waals surface area contributed by atoms with Gasteiger partial charge in [0.25, 0.3) is 0 Å². The lowest BCUT2D eigenvalue weighted by Crippen LogP contribution is -2.24. The van der Waals surface area contributed by atoms with Crippen molar-refractivity contribution in [1.29, 1.82) is 0 Å². The van der Waals surface area contributed by atoms with Crippen molar-refractivity contribution in [2.24, 2.45) is 11.3 Å². The summed E-state index contributed by atoms with van der Waals surface area (Å²) < 4.78 is 0. The topological polar surface area (TPSA) is 32.3 Å². The summed E-state index contributed by atoms with van der Waals surface area (Å²) in [5.41, 5.74) is 3.62. The van der Waals surface area contributed by atoms with Gasteiger partial charge in [0.1, 0.15) is 0 Å². The van der Waals surface area contributed by atoms with Gasteiger partial charge in [0.05, 0.1) is 0 Å². The average Bonchev–Trinajstić information content (AvgIpc) is 2.03. The third-order valence-corrected chi connectivity index (χ3v) is 2.78. The minimum atomic E-state index is 0.400. The van der Waals surface area contributed by atoms with E-state index in [9.17, 15) is 0 Å². The van der Waals surface area contributed by atoms with Gasteiger partial charge in [-0.1, -0.05) is 26.8 Å². The number of allylic oxidation sites excluding steroid dienone is 2. The van der Waals surface area contributed by atoms with E-state index in [0.29, 0.717) is 5.41 Å². The molecule has 1 atom stereocenters. The highest BCUT2D eigenvalue weighted by Gasteiger charge is 2.25. The summed E-state index contributed by atoms with van der Waals surface area (Å²) in [6.07, 6.45) is 5.37. The Morgan fingerprint density at radius 1 is 1.50 bits per heavy atom. The van der Waals surface area contributed by atoms with E-state index in [1.165, 1.54) is 6.42 Å². The van der Waals surface area contributed by atoms with Gasteiger partial charge in [0.15, 0.2) is 0 Å². The van der Waals surface area contributed by atoms with Crippen LogP contribution in [0.15, 0.2) is 11.8 Å². The van der Waals surface area contributed by atoms with Crippen LogP contribution in [-0.4, -0.2) is 5.21 Å². The quantitative estimate of drug-likeness (QED) is 0.591. The zero-order valence-electron chi connectivity index (χ0n) is 8.22. The van der Waals surface area contributed by atoms with Gasteiger partial charge in [-0.2, -0.15) is 0 Å². The minimum absolute atomic E-state index is 0.400. The molecule has 12 heavy (non-hydrogen) atoms. The average molecular weight is 169 g/mol. The minimum Gasteiger partial charge on any atom is -0.291 e. The molecule has 0 aromatic heterocycles. The Balaban J connectivity index is 2.52. The summed E-state index contributed by atoms with van der Waals surface area (Å²) in [4.78, 5) is 0. The smallest absolute Gasteiger partial charge is 0.0336 e. The summed E-state index contributed by atoms with van der Waals surface area (Å²) >= 11 is 0. The molecule has 2 heteroatoms. The van der Waals surface area contributed by atoms with Crippen LogP contribution in [0.3, 0.4) is 0 Å². The predicted molar refractivity (Wildman–Crippen MR) is 49.8 cm³/mol. The fourth-order valence-corrected chi connectivity index (χ4v) is 1.72. The van der Waals surface area contributed by atoms with Crippen LogP contribution >= 0.6 is 0 Å². The van der Waals surface area contributed by atoms with Crippen molar-refractivity contribution in [3.63, 3.8) is 0 Å². The summed E-state index contributed by atoms with van der Waals surface area (Å²) in [5.74, 6) is 0.759. The molecular weight excluding hydrogens is 150 g/mol. The second-order valence-electron chi connectivity index (χ2n) is 4.68. The van der Waals surface area contributed by atoms with Crippen LogP contribution in [-0.2, 0) is 0 Å². The molecular formula is C10H19NO. The van der Waals surface area contributed by atoms with Gasteiger partial charge in [0, 0.05) is 5.70 Å². The lowest BCUT2D eigenvalue weighted by molar-refractivity contribution is 0.173. The normalized spacial score (nSPS) is 25.0. The van der Waals surface area contributed by atoms with E-state index in [0.717, 1.165) is 24.5 Å². The fraction of sp³-hybridized carbons (Fsp3) is 0.800. The number of rotatable bonds is 1. The lowest BCUT2D eigenvalue weighted by atomic mass is 9.74. The maximum atomic E-state index is 8.66. The summed E-state index contributed by atoms with van der Waals surface area (Å²) in [6, 6.07) is 0. The molecule has 0 aromatic carbocycles. The molecule has 0 spiro atoms. The van der Waals surface area contributed by atoms with Crippen molar-refractivity contribution in [2.45, 2.75) is 40.0 Å². The van der Waals surface area contributed by atoms with Gasteiger partial charge in [-0.3, -0.25) is 10.7 Å². The first-order chi connectivity index (χ1) is 5.54. The van der Waals surface area contributed by atoms with E-state index in [4.69, 9.17) is 5.21 Å². The Kier molecular flexibility index (Phi) is 2.78. The van der Waals surface area contributed by atoms with Crippen LogP contribution in [0.25, 0.3) is 0 Å². The molecule has 0 aliphatic heterocycles. The van der Waals surface area contributed by atoms with E-state index >= 15 is 0 Å². The number of hydroxylamine groups is 1. The van der Waals surface area contributed by atoms with Gasteiger partial charge >= 0.3 is 0 Å². The SMILES string of the molecule is CC(C)(C)C1CC=C(NO)CC1. The molecule has 0 fully saturated rings. The second kappa shape index (κ2) is 3.48. The van der Waals surface area contributed by atoms with Crippen molar-refractivity contribution in [1.82, 2.24) is 5.48 Å². The van der Waals surface area contributed by atoms with Gasteiger partial charge in [-0.15, -0.1) is 0 Å². The van der Waals surface area contributed by atoms with Gasteiger partial charge in [-0.05, 0) is 30.6 Å². The van der Waals surface area contributed by atoms with Gasteiger partial charge < -0.3 is 0 Å². The number of nitrogens with one attached hydrogen (secondary N) is 1. The van der Waals surface area contributed by atoms with E-state index < -0.39 is 0 Å². The van der Waals surface area contributed by atoms with E-state index in [1.807, 2.05) is 0 Å². The maximum absolute atomic E-state index is 8.66. The van der Waals surface area contributed by atoms with Crippen LogP contribution in [0.4, 0.5) is 0 Å². The third kappa shape index (κ3) is 2.24. The van der Waals surface area contributed by atoms with Crippen LogP contribution in [0.5, 0.6) is 0 Å². The molecule has 2 nitrogen and oxygen atoms in total. The molecule has 1 unspecified atom stereocenters. The van der Waals surface area contributed by atoms with Crippen molar-refractivity contribution in [3.8, 4) is 0 Å². The fourth-order valence-electron chi connectivity index (χ4n) is 1.72. The Labute approximate surface area is 74.6 Å². The molecule has 1 aliphatic rings. The van der Waals surface area contributed by atoms with Crippen molar-refractivity contribution >= 4 is 0 Å². The monoisotopic (exact) mass is 169 g/mol. The molecule has 0 saturated heterocycles. The summed E-state index contributed by atoms with van der Waals surface area (Å²) in [7, 11) is 0. The molecule has 0 saturated carbocycles. The maximum Gasteiger partial charge on any atom is 0.0336 e. The van der Waals surface area contributed by atoms with Crippen molar-refractivity contribution in [2.75, 3.05) is 0 Å². The molecule has 1 aliphatic carbocycles. The number of hydrogen-bond donors (Lipinski definition) is 2.